The van der Waals surface area contributed by atoms with Gasteiger partial charge in [0.1, 0.15) is 5.82 Å². The van der Waals surface area contributed by atoms with E-state index in [9.17, 15) is 4.79 Å². The minimum Gasteiger partial charge on any atom is -0.350 e. The van der Waals surface area contributed by atoms with Crippen LogP contribution in [-0.2, 0) is 24.8 Å². The topological polar surface area (TPSA) is 75.6 Å². The second kappa shape index (κ2) is 7.31. The zero-order chi connectivity index (χ0) is 18.0. The van der Waals surface area contributed by atoms with Crippen molar-refractivity contribution in [1.29, 1.82) is 0 Å². The fraction of sp³-hybridized carbons (Fsp3) is 0.389. The lowest BCUT2D eigenvalue weighted by Gasteiger charge is -2.06. The molecule has 6 nitrogen and oxygen atoms in total. The van der Waals surface area contributed by atoms with Gasteiger partial charge in [0.25, 0.3) is 0 Å². The Morgan fingerprint density at radius 2 is 2.16 bits per heavy atom. The third-order valence-electron chi connectivity index (χ3n) is 4.51. The molecule has 0 fully saturated rings. The van der Waals surface area contributed by atoms with Gasteiger partial charge in [0, 0.05) is 19.9 Å². The van der Waals surface area contributed by atoms with E-state index in [1.54, 1.807) is 18.0 Å². The van der Waals surface area contributed by atoms with E-state index in [-0.39, 0.29) is 5.91 Å². The molecule has 0 spiro atoms. The van der Waals surface area contributed by atoms with E-state index >= 15 is 0 Å². The summed E-state index contributed by atoms with van der Waals surface area (Å²) in [6.45, 7) is 4.64. The van der Waals surface area contributed by atoms with Crippen LogP contribution >= 0.6 is 11.8 Å². The number of thioether (sulfide) groups is 1. The van der Waals surface area contributed by atoms with Gasteiger partial charge in [-0.05, 0) is 37.3 Å². The highest BCUT2D eigenvalue weighted by molar-refractivity contribution is 7.98. The third-order valence-corrected chi connectivity index (χ3v) is 5.25. The lowest BCUT2D eigenvalue weighted by molar-refractivity contribution is -0.121. The number of aromatic nitrogens is 4. The van der Waals surface area contributed by atoms with Crippen LogP contribution < -0.4 is 5.32 Å². The van der Waals surface area contributed by atoms with Crippen molar-refractivity contribution in [3.63, 3.8) is 0 Å². The first-order valence-corrected chi connectivity index (χ1v) is 9.48. The van der Waals surface area contributed by atoms with E-state index in [0.29, 0.717) is 19.4 Å². The number of H-pyrrole nitrogens is 1. The molecule has 1 aromatic carbocycles. The molecule has 0 aliphatic heterocycles. The Labute approximate surface area is 151 Å². The summed E-state index contributed by atoms with van der Waals surface area (Å²) >= 11 is 1.59. The molecule has 0 saturated heterocycles. The normalized spacial score (nSPS) is 11.2. The number of aryl methyl sites for hydroxylation is 3. The predicted molar refractivity (Wildman–Crippen MR) is 101 cm³/mol. The van der Waals surface area contributed by atoms with Crippen molar-refractivity contribution in [2.24, 2.45) is 7.05 Å². The number of carbonyl (C=O) groups is 1. The van der Waals surface area contributed by atoms with Gasteiger partial charge in [0.15, 0.2) is 5.16 Å². The van der Waals surface area contributed by atoms with E-state index in [1.807, 2.05) is 23.9 Å². The molecule has 0 unspecified atom stereocenters. The Morgan fingerprint density at radius 3 is 2.88 bits per heavy atom. The van der Waals surface area contributed by atoms with Gasteiger partial charge in [0.05, 0.1) is 29.5 Å². The molecule has 2 aromatic heterocycles. The number of nitrogens with one attached hydrogen (secondary N) is 2. The number of rotatable bonds is 6. The second-order valence-corrected chi connectivity index (χ2v) is 6.93. The molecule has 0 aliphatic rings. The molecular formula is C18H23N5OS. The molecule has 2 N–H and O–H groups in total. The van der Waals surface area contributed by atoms with E-state index in [4.69, 9.17) is 0 Å². The summed E-state index contributed by atoms with van der Waals surface area (Å²) in [7, 11) is 1.96. The smallest absolute Gasteiger partial charge is 0.220 e. The van der Waals surface area contributed by atoms with Crippen molar-refractivity contribution in [3.05, 3.63) is 41.0 Å². The number of aromatic amines is 1. The zero-order valence-corrected chi connectivity index (χ0v) is 15.8. The molecule has 7 heteroatoms. The maximum Gasteiger partial charge on any atom is 0.220 e. The first-order chi connectivity index (χ1) is 12.0. The summed E-state index contributed by atoms with van der Waals surface area (Å²) < 4.78 is 2.00. The second-order valence-electron chi connectivity index (χ2n) is 6.16. The van der Waals surface area contributed by atoms with Gasteiger partial charge >= 0.3 is 0 Å². The Morgan fingerprint density at radius 1 is 1.36 bits per heavy atom. The van der Waals surface area contributed by atoms with Crippen molar-refractivity contribution < 1.29 is 4.79 Å². The summed E-state index contributed by atoms with van der Waals surface area (Å²) in [5.74, 6) is 0.865. The van der Waals surface area contributed by atoms with Crippen molar-refractivity contribution in [3.8, 4) is 0 Å². The molecule has 0 bridgehead atoms. The average molecular weight is 357 g/mol. The number of nitrogens with zero attached hydrogens (tertiary/aromatic N) is 3. The minimum absolute atomic E-state index is 0.0141. The number of hydrogen-bond acceptors (Lipinski definition) is 4. The van der Waals surface area contributed by atoms with Crippen LogP contribution in [0.2, 0.25) is 0 Å². The molecular weight excluding hydrogens is 334 g/mol. The maximum atomic E-state index is 12.1. The number of carbonyl (C=O) groups excluding carboxylic acids is 1. The molecule has 132 valence electrons. The van der Waals surface area contributed by atoms with Crippen LogP contribution in [0.3, 0.4) is 0 Å². The summed E-state index contributed by atoms with van der Waals surface area (Å²) in [5.41, 5.74) is 5.43. The number of benzene rings is 1. The molecule has 0 saturated carbocycles. The molecule has 2 heterocycles. The van der Waals surface area contributed by atoms with Gasteiger partial charge in [0.2, 0.25) is 5.91 Å². The SMILES string of the molecule is CSc1ncc(CNC(=O)CCc2nc3c(C)c(C)ccc3[nH]2)n1C. The number of fused-ring (bicyclic) bond motifs is 1. The molecule has 1 amide bonds. The zero-order valence-electron chi connectivity index (χ0n) is 15.0. The Kier molecular flexibility index (Phi) is 5.13. The highest BCUT2D eigenvalue weighted by Gasteiger charge is 2.10. The van der Waals surface area contributed by atoms with E-state index < -0.39 is 0 Å². The fourth-order valence-electron chi connectivity index (χ4n) is 2.77. The summed E-state index contributed by atoms with van der Waals surface area (Å²) in [6.07, 6.45) is 4.79. The number of hydrogen-bond donors (Lipinski definition) is 2. The molecule has 0 atom stereocenters. The van der Waals surface area contributed by atoms with Gasteiger partial charge in [-0.2, -0.15) is 0 Å². The van der Waals surface area contributed by atoms with Crippen LogP contribution in [0, 0.1) is 13.8 Å². The number of imidazole rings is 2. The maximum absolute atomic E-state index is 12.1. The summed E-state index contributed by atoms with van der Waals surface area (Å²) in [6, 6.07) is 4.13. The quantitative estimate of drug-likeness (QED) is 0.665. The van der Waals surface area contributed by atoms with Crippen LogP contribution in [0.1, 0.15) is 29.1 Å². The highest BCUT2D eigenvalue weighted by atomic mass is 32.2. The first kappa shape index (κ1) is 17.5. The molecule has 3 aromatic rings. The lowest BCUT2D eigenvalue weighted by Crippen LogP contribution is -2.24. The summed E-state index contributed by atoms with van der Waals surface area (Å²) in [4.78, 5) is 24.4. The Bertz CT molecular complexity index is 912. The van der Waals surface area contributed by atoms with Crippen LogP contribution in [0.4, 0.5) is 0 Å². The van der Waals surface area contributed by atoms with Gasteiger partial charge in [-0.3, -0.25) is 4.79 Å². The lowest BCUT2D eigenvalue weighted by atomic mass is 10.1. The first-order valence-electron chi connectivity index (χ1n) is 8.25. The largest absolute Gasteiger partial charge is 0.350 e. The van der Waals surface area contributed by atoms with Crippen molar-refractivity contribution in [2.75, 3.05) is 6.26 Å². The van der Waals surface area contributed by atoms with Gasteiger partial charge in [-0.15, -0.1) is 0 Å². The molecule has 3 rings (SSSR count). The average Bonchev–Trinajstić information content (AvgIpc) is 3.18. The molecule has 25 heavy (non-hydrogen) atoms. The van der Waals surface area contributed by atoms with Crippen molar-refractivity contribution >= 4 is 28.7 Å². The molecule has 0 aliphatic carbocycles. The minimum atomic E-state index is 0.0141. The van der Waals surface area contributed by atoms with E-state index in [0.717, 1.165) is 27.7 Å². The monoisotopic (exact) mass is 357 g/mol. The summed E-state index contributed by atoms with van der Waals surface area (Å²) in [5, 5.41) is 3.89. The van der Waals surface area contributed by atoms with Gasteiger partial charge < -0.3 is 14.9 Å². The predicted octanol–water partition coefficient (Wildman–Crippen LogP) is 2.88. The van der Waals surface area contributed by atoms with Crippen LogP contribution in [-0.4, -0.2) is 31.7 Å². The van der Waals surface area contributed by atoms with Gasteiger partial charge in [-0.1, -0.05) is 17.8 Å². The van der Waals surface area contributed by atoms with Crippen LogP contribution in [0.15, 0.2) is 23.5 Å². The fourth-order valence-corrected chi connectivity index (χ4v) is 3.32. The van der Waals surface area contributed by atoms with Crippen LogP contribution in [0.5, 0.6) is 0 Å². The number of amides is 1. The van der Waals surface area contributed by atoms with Crippen molar-refractivity contribution in [1.82, 2.24) is 24.8 Å². The van der Waals surface area contributed by atoms with E-state index in [2.05, 4.69) is 40.2 Å². The Balaban J connectivity index is 1.57. The van der Waals surface area contributed by atoms with Gasteiger partial charge in [-0.25, -0.2) is 9.97 Å². The van der Waals surface area contributed by atoms with Crippen molar-refractivity contribution in [2.45, 2.75) is 38.4 Å². The van der Waals surface area contributed by atoms with Crippen LogP contribution in [0.25, 0.3) is 11.0 Å². The standard InChI is InChI=1S/C18H23N5OS/c1-11-5-6-14-17(12(11)2)22-15(21-14)7-8-16(24)19-9-13-10-20-18(25-4)23(13)3/h5-6,10H,7-9H2,1-4H3,(H,19,24)(H,21,22). The Hall–Kier alpha value is -2.28. The van der Waals surface area contributed by atoms with E-state index in [1.165, 1.54) is 11.1 Å². The molecule has 0 radical (unpaired) electrons. The highest BCUT2D eigenvalue weighted by Crippen LogP contribution is 2.19. The third kappa shape index (κ3) is 3.71.